The monoisotopic (exact) mass is 747 g/mol. The first-order chi connectivity index (χ1) is 26.0. The molecule has 6 heteroatoms. The third-order valence-electron chi connectivity index (χ3n) is 9.93. The van der Waals surface area contributed by atoms with E-state index >= 15 is 0 Å². The maximum Gasteiger partial charge on any atom is 0.306 e. The average Bonchev–Trinajstić information content (AvgIpc) is 3.15. The Morgan fingerprint density at radius 1 is 0.358 bits per heavy atom. The van der Waals surface area contributed by atoms with Crippen LogP contribution in [0.2, 0.25) is 0 Å². The van der Waals surface area contributed by atoms with Gasteiger partial charge in [0, 0.05) is 19.3 Å². The van der Waals surface area contributed by atoms with Gasteiger partial charge in [-0.15, -0.1) is 0 Å². The SMILES string of the molecule is CCCC/C=C\CCCCCCCC(=O)OC(COC(=O)CCCCCCC/C=C\CCCCCCCC)COC(=O)CCCCCCCCCCC. The van der Waals surface area contributed by atoms with Gasteiger partial charge in [-0.3, -0.25) is 14.4 Å². The van der Waals surface area contributed by atoms with Gasteiger partial charge < -0.3 is 14.2 Å². The van der Waals surface area contributed by atoms with E-state index in [1.807, 2.05) is 0 Å². The van der Waals surface area contributed by atoms with Crippen LogP contribution in [0.15, 0.2) is 24.3 Å². The van der Waals surface area contributed by atoms with Crippen molar-refractivity contribution in [3.05, 3.63) is 24.3 Å². The molecule has 0 saturated heterocycles. The van der Waals surface area contributed by atoms with Gasteiger partial charge in [-0.2, -0.15) is 0 Å². The lowest BCUT2D eigenvalue weighted by Crippen LogP contribution is -2.30. The molecule has 0 aliphatic heterocycles. The second-order valence-corrected chi connectivity index (χ2v) is 15.3. The third-order valence-corrected chi connectivity index (χ3v) is 9.93. The first-order valence-corrected chi connectivity index (χ1v) is 22.8. The Labute approximate surface area is 328 Å². The van der Waals surface area contributed by atoms with Crippen LogP contribution in [0, 0.1) is 0 Å². The van der Waals surface area contributed by atoms with Crippen molar-refractivity contribution in [3.63, 3.8) is 0 Å². The Bertz CT molecular complexity index is 865. The molecule has 0 rings (SSSR count). The van der Waals surface area contributed by atoms with E-state index in [0.29, 0.717) is 19.3 Å². The van der Waals surface area contributed by atoms with Crippen LogP contribution in [0.25, 0.3) is 0 Å². The Morgan fingerprint density at radius 2 is 0.642 bits per heavy atom. The Balaban J connectivity index is 4.34. The van der Waals surface area contributed by atoms with Crippen molar-refractivity contribution in [2.24, 2.45) is 0 Å². The van der Waals surface area contributed by atoms with E-state index in [9.17, 15) is 14.4 Å². The van der Waals surface area contributed by atoms with E-state index in [-0.39, 0.29) is 31.1 Å². The third kappa shape index (κ3) is 40.9. The zero-order chi connectivity index (χ0) is 38.7. The molecule has 0 aromatic heterocycles. The molecule has 0 amide bonds. The molecule has 0 aliphatic rings. The predicted molar refractivity (Wildman–Crippen MR) is 224 cm³/mol. The van der Waals surface area contributed by atoms with Gasteiger partial charge in [0.25, 0.3) is 0 Å². The predicted octanol–water partition coefficient (Wildman–Crippen LogP) is 14.4. The summed E-state index contributed by atoms with van der Waals surface area (Å²) < 4.78 is 16.7. The summed E-state index contributed by atoms with van der Waals surface area (Å²) >= 11 is 0. The van der Waals surface area contributed by atoms with E-state index in [4.69, 9.17) is 14.2 Å². The summed E-state index contributed by atoms with van der Waals surface area (Å²) in [6, 6.07) is 0. The van der Waals surface area contributed by atoms with Crippen molar-refractivity contribution in [1.82, 2.24) is 0 Å². The molecule has 6 nitrogen and oxygen atoms in total. The van der Waals surface area contributed by atoms with Crippen molar-refractivity contribution < 1.29 is 28.6 Å². The number of carbonyl (C=O) groups excluding carboxylic acids is 3. The quantitative estimate of drug-likeness (QED) is 0.0268. The Kier molecular flexibility index (Phi) is 40.9. The standard InChI is InChI=1S/C47H86O6/c1-4-7-10-13-16-19-21-22-23-24-26-28-31-34-37-40-46(49)52-43-44(42-51-45(48)39-36-33-30-27-18-15-12-9-6-3)53-47(50)41-38-35-32-29-25-20-17-14-11-8-5-2/h14,17,22-23,44H,4-13,15-16,18-21,24-43H2,1-3H3/b17-14-,23-22-. The summed E-state index contributed by atoms with van der Waals surface area (Å²) in [7, 11) is 0. The molecule has 0 bridgehead atoms. The van der Waals surface area contributed by atoms with Gasteiger partial charge in [0.2, 0.25) is 0 Å². The maximum atomic E-state index is 12.7. The van der Waals surface area contributed by atoms with Crippen LogP contribution in [0.3, 0.4) is 0 Å². The van der Waals surface area contributed by atoms with Crippen LogP contribution in [0.5, 0.6) is 0 Å². The average molecular weight is 747 g/mol. The van der Waals surface area contributed by atoms with Crippen LogP contribution in [-0.2, 0) is 28.6 Å². The zero-order valence-electron chi connectivity index (χ0n) is 35.3. The summed E-state index contributed by atoms with van der Waals surface area (Å²) in [5, 5.41) is 0. The van der Waals surface area contributed by atoms with Gasteiger partial charge in [0.1, 0.15) is 13.2 Å². The topological polar surface area (TPSA) is 78.9 Å². The minimum absolute atomic E-state index is 0.0749. The van der Waals surface area contributed by atoms with Gasteiger partial charge in [0.05, 0.1) is 0 Å². The molecular formula is C47H86O6. The van der Waals surface area contributed by atoms with E-state index in [0.717, 1.165) is 77.0 Å². The second kappa shape index (κ2) is 42.6. The summed E-state index contributed by atoms with van der Waals surface area (Å²) in [5.74, 6) is -0.893. The molecule has 53 heavy (non-hydrogen) atoms. The molecule has 0 aromatic rings. The van der Waals surface area contributed by atoms with Crippen LogP contribution in [0.4, 0.5) is 0 Å². The molecular weight excluding hydrogens is 661 g/mol. The van der Waals surface area contributed by atoms with Crippen molar-refractivity contribution in [1.29, 1.82) is 0 Å². The number of hydrogen-bond acceptors (Lipinski definition) is 6. The number of unbranched alkanes of at least 4 members (excludes halogenated alkanes) is 26. The number of ether oxygens (including phenoxy) is 3. The molecule has 0 saturated carbocycles. The van der Waals surface area contributed by atoms with Crippen molar-refractivity contribution in [3.8, 4) is 0 Å². The highest BCUT2D eigenvalue weighted by Gasteiger charge is 2.19. The minimum atomic E-state index is -0.771. The van der Waals surface area contributed by atoms with Crippen molar-refractivity contribution in [2.45, 2.75) is 245 Å². The maximum absolute atomic E-state index is 12.7. The highest BCUT2D eigenvalue weighted by atomic mass is 16.6. The molecule has 0 fully saturated rings. The highest BCUT2D eigenvalue weighted by molar-refractivity contribution is 5.71. The molecule has 0 aromatic carbocycles. The first-order valence-electron chi connectivity index (χ1n) is 22.8. The van der Waals surface area contributed by atoms with Crippen molar-refractivity contribution in [2.75, 3.05) is 13.2 Å². The number of allylic oxidation sites excluding steroid dienone is 4. The van der Waals surface area contributed by atoms with Gasteiger partial charge in [-0.25, -0.2) is 0 Å². The van der Waals surface area contributed by atoms with Crippen molar-refractivity contribution >= 4 is 17.9 Å². The lowest BCUT2D eigenvalue weighted by molar-refractivity contribution is -0.167. The molecule has 310 valence electrons. The number of carbonyl (C=O) groups is 3. The summed E-state index contributed by atoms with van der Waals surface area (Å²) in [5.41, 5.74) is 0. The fourth-order valence-corrected chi connectivity index (χ4v) is 6.42. The molecule has 0 heterocycles. The summed E-state index contributed by atoms with van der Waals surface area (Å²) in [4.78, 5) is 37.6. The smallest absolute Gasteiger partial charge is 0.306 e. The highest BCUT2D eigenvalue weighted by Crippen LogP contribution is 2.14. The zero-order valence-corrected chi connectivity index (χ0v) is 35.3. The minimum Gasteiger partial charge on any atom is -0.462 e. The molecule has 0 radical (unpaired) electrons. The number of hydrogen-bond donors (Lipinski definition) is 0. The molecule has 0 N–H and O–H groups in total. The molecule has 1 unspecified atom stereocenters. The van der Waals surface area contributed by atoms with Crippen LogP contribution in [0.1, 0.15) is 239 Å². The first kappa shape index (κ1) is 50.9. The summed E-state index contributed by atoms with van der Waals surface area (Å²) in [6.45, 7) is 6.56. The second-order valence-electron chi connectivity index (χ2n) is 15.3. The van der Waals surface area contributed by atoms with Gasteiger partial charge in [-0.05, 0) is 64.2 Å². The molecule has 1 atom stereocenters. The van der Waals surface area contributed by atoms with Crippen LogP contribution >= 0.6 is 0 Å². The van der Waals surface area contributed by atoms with Gasteiger partial charge >= 0.3 is 17.9 Å². The Hall–Kier alpha value is -2.11. The van der Waals surface area contributed by atoms with Crippen LogP contribution in [-0.4, -0.2) is 37.2 Å². The number of esters is 3. The van der Waals surface area contributed by atoms with Gasteiger partial charge in [0.15, 0.2) is 6.10 Å². The van der Waals surface area contributed by atoms with Gasteiger partial charge in [-0.1, -0.05) is 180 Å². The fourth-order valence-electron chi connectivity index (χ4n) is 6.42. The lowest BCUT2D eigenvalue weighted by atomic mass is 10.1. The van der Waals surface area contributed by atoms with E-state index in [1.165, 1.54) is 122 Å². The lowest BCUT2D eigenvalue weighted by Gasteiger charge is -2.18. The van der Waals surface area contributed by atoms with E-state index in [2.05, 4.69) is 45.1 Å². The molecule has 0 aliphatic carbocycles. The summed E-state index contributed by atoms with van der Waals surface area (Å²) in [6.07, 6.45) is 45.9. The molecule has 0 spiro atoms. The van der Waals surface area contributed by atoms with E-state index < -0.39 is 6.10 Å². The number of rotatable bonds is 41. The van der Waals surface area contributed by atoms with Crippen LogP contribution < -0.4 is 0 Å². The largest absolute Gasteiger partial charge is 0.462 e. The Morgan fingerprint density at radius 3 is 1.00 bits per heavy atom. The fraction of sp³-hybridized carbons (Fsp3) is 0.851. The normalized spacial score (nSPS) is 12.1. The van der Waals surface area contributed by atoms with E-state index in [1.54, 1.807) is 0 Å².